The summed E-state index contributed by atoms with van der Waals surface area (Å²) in [5, 5.41) is 0.696. The molecule has 0 saturated carbocycles. The number of carbonyl (C=O) groups excluding carboxylic acids is 3. The number of piperazine rings is 2. The molecule has 12 heteroatoms. The summed E-state index contributed by atoms with van der Waals surface area (Å²) < 4.78 is 22.6. The molecule has 0 spiro atoms. The van der Waals surface area contributed by atoms with Crippen molar-refractivity contribution in [3.63, 3.8) is 0 Å². The highest BCUT2D eigenvalue weighted by atomic mass is 16.6. The summed E-state index contributed by atoms with van der Waals surface area (Å²) in [7, 11) is 0. The van der Waals surface area contributed by atoms with E-state index in [1.54, 1.807) is 22.1 Å². The lowest BCUT2D eigenvalue weighted by molar-refractivity contribution is 0.0129. The van der Waals surface area contributed by atoms with E-state index in [0.29, 0.717) is 68.0 Å². The van der Waals surface area contributed by atoms with Crippen LogP contribution in [-0.2, 0) is 14.2 Å². The minimum atomic E-state index is -0.503. The molecule has 46 heavy (non-hydrogen) atoms. The van der Waals surface area contributed by atoms with Gasteiger partial charge in [0.15, 0.2) is 0 Å². The molecule has 3 heterocycles. The van der Waals surface area contributed by atoms with Gasteiger partial charge in [-0.15, -0.1) is 0 Å². The molecule has 2 fully saturated rings. The number of rotatable bonds is 10. The lowest BCUT2D eigenvalue weighted by atomic mass is 10.1. The Kier molecular flexibility index (Phi) is 12.1. The normalized spacial score (nSPS) is 16.7. The Hall–Kier alpha value is -3.64. The highest BCUT2D eigenvalue weighted by Gasteiger charge is 2.27. The first-order valence-electron chi connectivity index (χ1n) is 16.4. The van der Waals surface area contributed by atoms with Crippen molar-refractivity contribution in [2.45, 2.75) is 65.6 Å². The fourth-order valence-corrected chi connectivity index (χ4v) is 5.36. The van der Waals surface area contributed by atoms with E-state index in [2.05, 4.69) is 14.8 Å². The van der Waals surface area contributed by atoms with E-state index in [9.17, 15) is 14.4 Å². The second kappa shape index (κ2) is 15.8. The molecule has 0 aliphatic carbocycles. The lowest BCUT2D eigenvalue weighted by Gasteiger charge is -2.35. The molecule has 2 amide bonds. The highest BCUT2D eigenvalue weighted by molar-refractivity contribution is 6.03. The number of esters is 1. The first-order chi connectivity index (χ1) is 21.8. The van der Waals surface area contributed by atoms with Crippen molar-refractivity contribution in [1.82, 2.24) is 24.6 Å². The minimum absolute atomic E-state index is 0.253. The van der Waals surface area contributed by atoms with Gasteiger partial charge in [-0.25, -0.2) is 14.4 Å². The van der Waals surface area contributed by atoms with Gasteiger partial charge in [-0.3, -0.25) is 14.8 Å². The van der Waals surface area contributed by atoms with Crippen LogP contribution in [0.3, 0.4) is 0 Å². The van der Waals surface area contributed by atoms with Gasteiger partial charge in [0.1, 0.15) is 17.0 Å². The molecule has 1 aromatic heterocycles. The standard InChI is InChI=1S/C34H51N5O7/c1-33(2,3)45-31(41)38-19-15-36(16-20-38)13-7-23-43-26-9-10-29-28(25-26)27(11-12-35-29)30(40)44-24-8-14-37-17-21-39(22-18-37)32(42)46-34(4,5)6/h9-12,25H,7-8,13-24H2,1-6H3. The average molecular weight is 642 g/mol. The Morgan fingerprint density at radius 3 is 1.76 bits per heavy atom. The predicted molar refractivity (Wildman–Crippen MR) is 175 cm³/mol. The Labute approximate surface area is 272 Å². The molecular weight excluding hydrogens is 590 g/mol. The van der Waals surface area contributed by atoms with Crippen molar-refractivity contribution in [3.8, 4) is 5.75 Å². The van der Waals surface area contributed by atoms with Gasteiger partial charge < -0.3 is 28.7 Å². The van der Waals surface area contributed by atoms with Crippen molar-refractivity contribution >= 4 is 29.1 Å². The summed E-state index contributed by atoms with van der Waals surface area (Å²) >= 11 is 0. The van der Waals surface area contributed by atoms with Crippen LogP contribution >= 0.6 is 0 Å². The fourth-order valence-electron chi connectivity index (χ4n) is 5.36. The summed E-state index contributed by atoms with van der Waals surface area (Å²) in [6, 6.07) is 7.25. The van der Waals surface area contributed by atoms with Crippen LogP contribution < -0.4 is 4.74 Å². The number of benzene rings is 1. The highest BCUT2D eigenvalue weighted by Crippen LogP contribution is 2.24. The number of hydrogen-bond acceptors (Lipinski definition) is 10. The van der Waals surface area contributed by atoms with Crippen molar-refractivity contribution in [1.29, 1.82) is 0 Å². The third-order valence-corrected chi connectivity index (χ3v) is 7.72. The molecule has 2 aliphatic heterocycles. The predicted octanol–water partition coefficient (Wildman–Crippen LogP) is 4.66. The Bertz CT molecular complexity index is 1320. The Morgan fingerprint density at radius 1 is 0.717 bits per heavy atom. The smallest absolute Gasteiger partial charge is 0.410 e. The lowest BCUT2D eigenvalue weighted by Crippen LogP contribution is -2.50. The van der Waals surface area contributed by atoms with E-state index >= 15 is 0 Å². The van der Waals surface area contributed by atoms with Gasteiger partial charge in [-0.1, -0.05) is 0 Å². The SMILES string of the molecule is CC(C)(C)OC(=O)N1CCN(CCCOC(=O)c2ccnc3ccc(OCCCN4CCN(C(=O)OC(C)(C)C)CC4)cc23)CC1. The molecular formula is C34H51N5O7. The number of aromatic nitrogens is 1. The van der Waals surface area contributed by atoms with E-state index in [0.717, 1.165) is 45.7 Å². The maximum absolute atomic E-state index is 13.0. The van der Waals surface area contributed by atoms with Gasteiger partial charge >= 0.3 is 18.2 Å². The van der Waals surface area contributed by atoms with E-state index in [4.69, 9.17) is 18.9 Å². The molecule has 0 atom stereocenters. The van der Waals surface area contributed by atoms with Crippen LogP contribution in [0, 0.1) is 0 Å². The maximum Gasteiger partial charge on any atom is 0.410 e. The summed E-state index contributed by atoms with van der Waals surface area (Å²) in [5.74, 6) is 0.291. The molecule has 0 bridgehead atoms. The molecule has 254 valence electrons. The quantitative estimate of drug-likeness (QED) is 0.206. The van der Waals surface area contributed by atoms with Gasteiger partial charge in [0.05, 0.1) is 24.3 Å². The summed E-state index contributed by atoms with van der Waals surface area (Å²) in [5.41, 5.74) is 0.170. The molecule has 4 rings (SSSR count). The molecule has 0 N–H and O–H groups in total. The largest absolute Gasteiger partial charge is 0.494 e. The van der Waals surface area contributed by atoms with Gasteiger partial charge in [-0.2, -0.15) is 0 Å². The molecule has 0 unspecified atom stereocenters. The Balaban J connectivity index is 1.16. The van der Waals surface area contributed by atoms with Gasteiger partial charge in [-0.05, 0) is 78.6 Å². The van der Waals surface area contributed by atoms with E-state index in [1.807, 2.05) is 59.7 Å². The zero-order valence-corrected chi connectivity index (χ0v) is 28.4. The number of hydrogen-bond donors (Lipinski definition) is 0. The van der Waals surface area contributed by atoms with Crippen molar-refractivity contribution in [3.05, 3.63) is 36.0 Å². The fraction of sp³-hybridized carbons (Fsp3) is 0.647. The zero-order valence-electron chi connectivity index (χ0n) is 28.4. The third kappa shape index (κ3) is 11.0. The molecule has 12 nitrogen and oxygen atoms in total. The number of ether oxygens (including phenoxy) is 4. The van der Waals surface area contributed by atoms with E-state index < -0.39 is 11.2 Å². The van der Waals surface area contributed by atoms with E-state index in [1.165, 1.54) is 0 Å². The number of pyridine rings is 1. The van der Waals surface area contributed by atoms with Gasteiger partial charge in [0.25, 0.3) is 0 Å². The number of fused-ring (bicyclic) bond motifs is 1. The second-order valence-corrected chi connectivity index (χ2v) is 13.8. The van der Waals surface area contributed by atoms with Crippen LogP contribution in [0.1, 0.15) is 64.7 Å². The number of nitrogens with zero attached hydrogens (tertiary/aromatic N) is 5. The topological polar surface area (TPSA) is 114 Å². The first-order valence-corrected chi connectivity index (χ1v) is 16.4. The van der Waals surface area contributed by atoms with Gasteiger partial charge in [0.2, 0.25) is 0 Å². The molecule has 2 aliphatic rings. The van der Waals surface area contributed by atoms with Crippen molar-refractivity contribution in [2.24, 2.45) is 0 Å². The zero-order chi connectivity index (χ0) is 33.3. The summed E-state index contributed by atoms with van der Waals surface area (Å²) in [4.78, 5) is 50.1. The van der Waals surface area contributed by atoms with Gasteiger partial charge in [0, 0.05) is 77.0 Å². The Morgan fingerprint density at radius 2 is 1.24 bits per heavy atom. The van der Waals surface area contributed by atoms with Crippen LogP contribution in [0.5, 0.6) is 5.75 Å². The van der Waals surface area contributed by atoms with Crippen LogP contribution in [0.15, 0.2) is 30.5 Å². The maximum atomic E-state index is 13.0. The van der Waals surface area contributed by atoms with E-state index in [-0.39, 0.29) is 18.2 Å². The second-order valence-electron chi connectivity index (χ2n) is 13.8. The van der Waals surface area contributed by atoms with Crippen molar-refractivity contribution < 1.29 is 33.3 Å². The number of amides is 2. The molecule has 2 aromatic rings. The summed E-state index contributed by atoms with van der Waals surface area (Å²) in [6.45, 7) is 19.4. The minimum Gasteiger partial charge on any atom is -0.494 e. The van der Waals surface area contributed by atoms with Crippen LogP contribution in [0.25, 0.3) is 10.9 Å². The first kappa shape index (κ1) is 35.2. The van der Waals surface area contributed by atoms with Crippen LogP contribution in [0.2, 0.25) is 0 Å². The monoisotopic (exact) mass is 641 g/mol. The summed E-state index contributed by atoms with van der Waals surface area (Å²) in [6.07, 6.45) is 2.63. The molecule has 2 saturated heterocycles. The van der Waals surface area contributed by atoms with Crippen LogP contribution in [-0.4, -0.2) is 133 Å². The number of carbonyl (C=O) groups is 3. The average Bonchev–Trinajstić information content (AvgIpc) is 3.00. The molecule has 1 aromatic carbocycles. The molecule has 0 radical (unpaired) electrons. The van der Waals surface area contributed by atoms with Crippen molar-refractivity contribution in [2.75, 3.05) is 78.7 Å². The third-order valence-electron chi connectivity index (χ3n) is 7.72. The van der Waals surface area contributed by atoms with Crippen LogP contribution in [0.4, 0.5) is 9.59 Å².